The van der Waals surface area contributed by atoms with E-state index in [4.69, 9.17) is 4.74 Å². The summed E-state index contributed by atoms with van der Waals surface area (Å²) in [5, 5.41) is 3.18. The minimum absolute atomic E-state index is 0.244. The fourth-order valence-corrected chi connectivity index (χ4v) is 4.34. The van der Waals surface area contributed by atoms with Crippen LogP contribution in [0.3, 0.4) is 0 Å². The van der Waals surface area contributed by atoms with Gasteiger partial charge in [0.05, 0.1) is 18.1 Å². The highest BCUT2D eigenvalue weighted by Gasteiger charge is 2.17. The highest BCUT2D eigenvalue weighted by atomic mass is 32.2. The number of sulfonamides is 1. The fraction of sp³-hybridized carbons (Fsp3) is 0.238. The molecule has 3 aromatic rings. The Hall–Kier alpha value is -3.31. The normalized spacial score (nSPS) is 14.3. The lowest BCUT2D eigenvalue weighted by Crippen LogP contribution is -2.36. The standard InChI is InChI=1S/C21H21F2N5O3S/c1-14-24-20(13-21(25-14)28-6-8-31-9-7-28)26-17-2-4-18(5-3-17)27-32(29,30)19-11-15(22)10-16(23)12-19/h2-5,10-13,27H,6-9H2,1H3,(H,24,25,26). The third-order valence-electron chi connectivity index (χ3n) is 4.72. The Kier molecular flexibility index (Phi) is 6.19. The van der Waals surface area contributed by atoms with E-state index in [2.05, 4.69) is 24.9 Å². The predicted octanol–water partition coefficient (Wildman–Crippen LogP) is 3.44. The molecule has 0 unspecified atom stereocenters. The summed E-state index contributed by atoms with van der Waals surface area (Å²) in [5.41, 5.74) is 0.920. The van der Waals surface area contributed by atoms with Gasteiger partial charge in [0.25, 0.3) is 10.0 Å². The Labute approximate surface area is 184 Å². The molecule has 0 saturated carbocycles. The van der Waals surface area contributed by atoms with E-state index in [9.17, 15) is 17.2 Å². The number of anilines is 4. The maximum absolute atomic E-state index is 13.4. The van der Waals surface area contributed by atoms with Gasteiger partial charge in [-0.25, -0.2) is 27.2 Å². The van der Waals surface area contributed by atoms with Crippen molar-refractivity contribution in [3.8, 4) is 0 Å². The molecule has 2 N–H and O–H groups in total. The number of aromatic nitrogens is 2. The molecule has 0 radical (unpaired) electrons. The van der Waals surface area contributed by atoms with Gasteiger partial charge in [-0.2, -0.15) is 0 Å². The SMILES string of the molecule is Cc1nc(Nc2ccc(NS(=O)(=O)c3cc(F)cc(F)c3)cc2)cc(N2CCOCC2)n1. The number of halogens is 2. The molecule has 1 aromatic heterocycles. The summed E-state index contributed by atoms with van der Waals surface area (Å²) >= 11 is 0. The Morgan fingerprint density at radius 2 is 1.56 bits per heavy atom. The largest absolute Gasteiger partial charge is 0.378 e. The molecular formula is C21H21F2N5O3S. The van der Waals surface area contributed by atoms with Gasteiger partial charge in [0.1, 0.15) is 29.1 Å². The molecule has 0 aliphatic carbocycles. The molecule has 11 heteroatoms. The quantitative estimate of drug-likeness (QED) is 0.581. The highest BCUT2D eigenvalue weighted by molar-refractivity contribution is 7.92. The van der Waals surface area contributed by atoms with Crippen LogP contribution in [-0.2, 0) is 14.8 Å². The van der Waals surface area contributed by atoms with Crippen LogP contribution in [0.25, 0.3) is 0 Å². The molecule has 4 rings (SSSR count). The van der Waals surface area contributed by atoms with E-state index in [0.717, 1.165) is 31.0 Å². The Bertz CT molecular complexity index is 1200. The second-order valence-corrected chi connectivity index (χ2v) is 8.85. The molecule has 1 aliphatic rings. The molecule has 168 valence electrons. The number of benzene rings is 2. The second kappa shape index (κ2) is 9.05. The lowest BCUT2D eigenvalue weighted by Gasteiger charge is -2.28. The van der Waals surface area contributed by atoms with E-state index in [1.807, 2.05) is 13.0 Å². The summed E-state index contributed by atoms with van der Waals surface area (Å²) in [6.45, 7) is 4.60. The van der Waals surface area contributed by atoms with Crippen molar-refractivity contribution < 1.29 is 21.9 Å². The summed E-state index contributed by atoms with van der Waals surface area (Å²) in [7, 11) is -4.14. The van der Waals surface area contributed by atoms with E-state index >= 15 is 0 Å². The van der Waals surface area contributed by atoms with E-state index in [-0.39, 0.29) is 5.69 Å². The molecule has 1 fully saturated rings. The Balaban J connectivity index is 1.48. The topological polar surface area (TPSA) is 96.5 Å². The van der Waals surface area contributed by atoms with Crippen molar-refractivity contribution in [2.75, 3.05) is 41.2 Å². The van der Waals surface area contributed by atoms with Gasteiger partial charge in [-0.15, -0.1) is 0 Å². The summed E-state index contributed by atoms with van der Waals surface area (Å²) in [6, 6.07) is 10.4. The molecule has 2 heterocycles. The van der Waals surface area contributed by atoms with Crippen molar-refractivity contribution in [3.05, 3.63) is 66.0 Å². The first kappa shape index (κ1) is 21.9. The number of nitrogens with one attached hydrogen (secondary N) is 2. The van der Waals surface area contributed by atoms with Crippen molar-refractivity contribution >= 4 is 33.0 Å². The summed E-state index contributed by atoms with van der Waals surface area (Å²) in [4.78, 5) is 10.5. The molecular weight excluding hydrogens is 440 g/mol. The first-order valence-corrected chi connectivity index (χ1v) is 11.3. The van der Waals surface area contributed by atoms with Crippen LogP contribution in [0, 0.1) is 18.6 Å². The van der Waals surface area contributed by atoms with Gasteiger partial charge in [0.15, 0.2) is 0 Å². The van der Waals surface area contributed by atoms with Crippen LogP contribution in [-0.4, -0.2) is 44.7 Å². The minimum atomic E-state index is -4.14. The number of ether oxygens (including phenoxy) is 1. The summed E-state index contributed by atoms with van der Waals surface area (Å²) in [5.74, 6) is 0.0730. The molecule has 0 atom stereocenters. The maximum Gasteiger partial charge on any atom is 0.262 e. The number of hydrogen-bond donors (Lipinski definition) is 2. The fourth-order valence-electron chi connectivity index (χ4n) is 3.24. The van der Waals surface area contributed by atoms with Crippen LogP contribution in [0.4, 0.5) is 31.8 Å². The van der Waals surface area contributed by atoms with E-state index in [0.29, 0.717) is 36.6 Å². The zero-order chi connectivity index (χ0) is 22.7. The van der Waals surface area contributed by atoms with Crippen molar-refractivity contribution in [1.82, 2.24) is 9.97 Å². The highest BCUT2D eigenvalue weighted by Crippen LogP contribution is 2.23. The Morgan fingerprint density at radius 1 is 0.938 bits per heavy atom. The summed E-state index contributed by atoms with van der Waals surface area (Å²) in [6.07, 6.45) is 0. The zero-order valence-corrected chi connectivity index (χ0v) is 18.0. The van der Waals surface area contributed by atoms with Gasteiger partial charge in [-0.1, -0.05) is 0 Å². The minimum Gasteiger partial charge on any atom is -0.378 e. The lowest BCUT2D eigenvalue weighted by atomic mass is 10.3. The molecule has 0 spiro atoms. The van der Waals surface area contributed by atoms with Crippen molar-refractivity contribution in [2.45, 2.75) is 11.8 Å². The number of morpholine rings is 1. The van der Waals surface area contributed by atoms with Gasteiger partial charge >= 0.3 is 0 Å². The van der Waals surface area contributed by atoms with Gasteiger partial charge in [-0.3, -0.25) is 4.72 Å². The van der Waals surface area contributed by atoms with E-state index < -0.39 is 26.6 Å². The average molecular weight is 461 g/mol. The van der Waals surface area contributed by atoms with Crippen LogP contribution in [0.1, 0.15) is 5.82 Å². The number of aryl methyl sites for hydroxylation is 1. The van der Waals surface area contributed by atoms with Crippen molar-refractivity contribution in [1.29, 1.82) is 0 Å². The molecule has 32 heavy (non-hydrogen) atoms. The van der Waals surface area contributed by atoms with Crippen LogP contribution < -0.4 is 14.9 Å². The van der Waals surface area contributed by atoms with Gasteiger partial charge in [-0.05, 0) is 43.3 Å². The van der Waals surface area contributed by atoms with E-state index in [1.54, 1.807) is 12.1 Å². The second-order valence-electron chi connectivity index (χ2n) is 7.17. The first-order chi connectivity index (χ1) is 15.3. The van der Waals surface area contributed by atoms with Crippen LogP contribution in [0.5, 0.6) is 0 Å². The third-order valence-corrected chi connectivity index (χ3v) is 6.08. The van der Waals surface area contributed by atoms with Crippen molar-refractivity contribution in [2.24, 2.45) is 0 Å². The van der Waals surface area contributed by atoms with Crippen LogP contribution in [0.2, 0.25) is 0 Å². The average Bonchev–Trinajstić information content (AvgIpc) is 2.74. The maximum atomic E-state index is 13.4. The molecule has 0 bridgehead atoms. The van der Waals surface area contributed by atoms with Crippen molar-refractivity contribution in [3.63, 3.8) is 0 Å². The predicted molar refractivity (Wildman–Crippen MR) is 117 cm³/mol. The zero-order valence-electron chi connectivity index (χ0n) is 17.2. The van der Waals surface area contributed by atoms with Crippen LogP contribution >= 0.6 is 0 Å². The Morgan fingerprint density at radius 3 is 2.22 bits per heavy atom. The van der Waals surface area contributed by atoms with Gasteiger partial charge in [0.2, 0.25) is 0 Å². The molecule has 0 amide bonds. The molecule has 8 nitrogen and oxygen atoms in total. The first-order valence-electron chi connectivity index (χ1n) is 9.83. The number of hydrogen-bond acceptors (Lipinski definition) is 7. The molecule has 1 saturated heterocycles. The van der Waals surface area contributed by atoms with E-state index in [1.165, 1.54) is 12.1 Å². The summed E-state index contributed by atoms with van der Waals surface area (Å²) < 4.78 is 59.3. The van der Waals surface area contributed by atoms with Gasteiger partial charge in [0, 0.05) is 36.6 Å². The molecule has 1 aliphatic heterocycles. The smallest absolute Gasteiger partial charge is 0.262 e. The lowest BCUT2D eigenvalue weighted by molar-refractivity contribution is 0.122. The molecule has 2 aromatic carbocycles. The third kappa shape index (κ3) is 5.29. The van der Waals surface area contributed by atoms with Gasteiger partial charge < -0.3 is 15.0 Å². The number of rotatable bonds is 6. The number of nitrogens with zero attached hydrogens (tertiary/aromatic N) is 3. The van der Waals surface area contributed by atoms with Crippen LogP contribution in [0.15, 0.2) is 53.4 Å². The monoisotopic (exact) mass is 461 g/mol.